The molecule has 2 aliphatic rings. The van der Waals surface area contributed by atoms with E-state index in [0.29, 0.717) is 30.6 Å². The molecule has 2 fully saturated rings. The van der Waals surface area contributed by atoms with Crippen molar-refractivity contribution < 1.29 is 23.4 Å². The highest BCUT2D eigenvalue weighted by Gasteiger charge is 2.62. The summed E-state index contributed by atoms with van der Waals surface area (Å²) in [5.74, 6) is 0.289. The Kier molecular flexibility index (Phi) is 5.94. The maximum atomic E-state index is 10.9. The number of hydrogen-bond donors (Lipinski definition) is 2. The predicted octanol–water partition coefficient (Wildman–Crippen LogP) is 3.32. The van der Waals surface area contributed by atoms with Gasteiger partial charge in [0.1, 0.15) is 29.7 Å². The summed E-state index contributed by atoms with van der Waals surface area (Å²) in [5.41, 5.74) is 5.53. The van der Waals surface area contributed by atoms with E-state index in [1.54, 1.807) is 10.9 Å². The summed E-state index contributed by atoms with van der Waals surface area (Å²) in [6, 6.07) is 0. The number of hydrogen-bond acceptors (Lipinski definition) is 9. The predicted molar refractivity (Wildman–Crippen MR) is 123 cm³/mol. The minimum atomic E-state index is -3.58. The highest BCUT2D eigenvalue weighted by molar-refractivity contribution is 8.07. The van der Waals surface area contributed by atoms with Crippen molar-refractivity contribution in [1.82, 2.24) is 19.5 Å². The zero-order chi connectivity index (χ0) is 23.5. The number of nitrogen functional groups attached to an aromatic ring is 1. The number of rotatable bonds is 5. The molecule has 178 valence electrons. The van der Waals surface area contributed by atoms with Gasteiger partial charge in [-0.25, -0.2) is 15.0 Å². The van der Waals surface area contributed by atoms with Crippen molar-refractivity contribution in [2.45, 2.75) is 84.0 Å². The number of nitrogens with two attached hydrogens (primary N) is 1. The van der Waals surface area contributed by atoms with Gasteiger partial charge in [0.2, 0.25) is 0 Å². The topological polar surface area (TPSA) is 127 Å². The number of imidazole rings is 1. The monoisotopic (exact) mass is 485 g/mol. The Bertz CT molecular complexity index is 1050. The number of fused-ring (bicyclic) bond motifs is 3. The maximum absolute atomic E-state index is 10.9. The van der Waals surface area contributed by atoms with Gasteiger partial charge in [-0.3, -0.25) is 9.09 Å². The molecule has 0 spiro atoms. The van der Waals surface area contributed by atoms with Gasteiger partial charge in [0, 0.05) is 6.42 Å². The van der Waals surface area contributed by atoms with Crippen molar-refractivity contribution in [2.24, 2.45) is 5.41 Å². The molecule has 0 aliphatic carbocycles. The van der Waals surface area contributed by atoms with Crippen LogP contribution in [0.15, 0.2) is 12.7 Å². The standard InChI is InChI=1S/C20H32N5O5PS/c1-18(2,3)9-20-7-8-27-13(14(20)29-31(26,32)30-19(4,5)6)17(28-20)25-11-24-12-15(21)22-10-23-16(12)25/h10-11,13-14,17H,7-9H2,1-6H3,(H,26,32)(H2,21,22,23)/t13?,14?,17-,20-,31?/m1/s1. The average Bonchev–Trinajstić information content (AvgIpc) is 3.07. The van der Waals surface area contributed by atoms with Crippen LogP contribution in [0.1, 0.15) is 60.6 Å². The van der Waals surface area contributed by atoms with Gasteiger partial charge in [-0.1, -0.05) is 20.8 Å². The van der Waals surface area contributed by atoms with Gasteiger partial charge in [-0.05, 0) is 44.4 Å². The fourth-order valence-corrected chi connectivity index (χ4v) is 6.91. The van der Waals surface area contributed by atoms with Crippen LogP contribution in [0.2, 0.25) is 0 Å². The average molecular weight is 486 g/mol. The van der Waals surface area contributed by atoms with Crippen LogP contribution < -0.4 is 5.73 Å². The van der Waals surface area contributed by atoms with Crippen molar-refractivity contribution >= 4 is 35.5 Å². The Morgan fingerprint density at radius 3 is 2.66 bits per heavy atom. The summed E-state index contributed by atoms with van der Waals surface area (Å²) >= 11 is 5.38. The molecule has 0 saturated carbocycles. The van der Waals surface area contributed by atoms with Crippen LogP contribution >= 0.6 is 6.72 Å². The molecule has 4 heterocycles. The van der Waals surface area contributed by atoms with Crippen LogP contribution in [0, 0.1) is 5.41 Å². The Labute approximate surface area is 193 Å². The number of ether oxygens (including phenoxy) is 2. The van der Waals surface area contributed by atoms with E-state index in [1.165, 1.54) is 6.33 Å². The quantitative estimate of drug-likeness (QED) is 0.609. The molecule has 32 heavy (non-hydrogen) atoms. The molecular formula is C20H32N5O5PS. The zero-order valence-electron chi connectivity index (χ0n) is 19.3. The van der Waals surface area contributed by atoms with Gasteiger partial charge in [0.15, 0.2) is 17.7 Å². The molecule has 2 aromatic rings. The second-order valence-corrected chi connectivity index (χ2v) is 13.4. The van der Waals surface area contributed by atoms with Gasteiger partial charge in [0.25, 0.3) is 0 Å². The van der Waals surface area contributed by atoms with Crippen LogP contribution in [0.3, 0.4) is 0 Å². The summed E-state index contributed by atoms with van der Waals surface area (Å²) in [6.07, 6.45) is 2.52. The number of anilines is 1. The van der Waals surface area contributed by atoms with Crippen LogP contribution in [0.5, 0.6) is 0 Å². The summed E-state index contributed by atoms with van der Waals surface area (Å²) in [6.45, 7) is 8.81. The van der Waals surface area contributed by atoms with E-state index in [2.05, 4.69) is 35.7 Å². The lowest BCUT2D eigenvalue weighted by atomic mass is 9.76. The first-order valence-electron chi connectivity index (χ1n) is 10.6. The zero-order valence-corrected chi connectivity index (χ0v) is 21.0. The third-order valence-electron chi connectivity index (χ3n) is 5.42. The minimum absolute atomic E-state index is 0.0785. The van der Waals surface area contributed by atoms with Gasteiger partial charge in [-0.15, -0.1) is 0 Å². The first-order chi connectivity index (χ1) is 14.7. The van der Waals surface area contributed by atoms with Crippen LogP contribution in [-0.4, -0.2) is 54.4 Å². The summed E-state index contributed by atoms with van der Waals surface area (Å²) in [5, 5.41) is 0. The largest absolute Gasteiger partial charge is 0.382 e. The summed E-state index contributed by atoms with van der Waals surface area (Å²) < 4.78 is 26.5. The molecule has 2 saturated heterocycles. The Morgan fingerprint density at radius 2 is 2.00 bits per heavy atom. The highest BCUT2D eigenvalue weighted by Crippen LogP contribution is 2.58. The third kappa shape index (κ3) is 4.70. The first kappa shape index (κ1) is 23.9. The Morgan fingerprint density at radius 1 is 1.28 bits per heavy atom. The number of aromatic nitrogens is 4. The number of nitrogens with zero attached hydrogens (tertiary/aromatic N) is 4. The third-order valence-corrected chi connectivity index (χ3v) is 7.17. The molecule has 2 bridgehead atoms. The molecule has 12 heteroatoms. The second kappa shape index (κ2) is 7.94. The van der Waals surface area contributed by atoms with Crippen molar-refractivity contribution in [1.29, 1.82) is 0 Å². The minimum Gasteiger partial charge on any atom is -0.382 e. The van der Waals surface area contributed by atoms with E-state index in [1.807, 2.05) is 20.8 Å². The lowest BCUT2D eigenvalue weighted by molar-refractivity contribution is -0.134. The van der Waals surface area contributed by atoms with Crippen molar-refractivity contribution in [3.63, 3.8) is 0 Å². The molecule has 3 N–H and O–H groups in total. The maximum Gasteiger partial charge on any atom is 0.325 e. The molecule has 4 rings (SSSR count). The fourth-order valence-electron chi connectivity index (χ4n) is 4.63. The molecule has 0 amide bonds. The van der Waals surface area contributed by atoms with E-state index < -0.39 is 36.4 Å². The Hall–Kier alpha value is -1.20. The van der Waals surface area contributed by atoms with Crippen molar-refractivity contribution in [2.75, 3.05) is 12.3 Å². The lowest BCUT2D eigenvalue weighted by Crippen LogP contribution is -2.51. The van der Waals surface area contributed by atoms with E-state index in [4.69, 9.17) is 36.1 Å². The first-order valence-corrected chi connectivity index (χ1v) is 13.2. The molecule has 2 aromatic heterocycles. The van der Waals surface area contributed by atoms with E-state index in [0.717, 1.165) is 0 Å². The second-order valence-electron chi connectivity index (χ2n) is 10.7. The molecule has 10 nitrogen and oxygen atoms in total. The lowest BCUT2D eigenvalue weighted by Gasteiger charge is -2.43. The highest BCUT2D eigenvalue weighted by atomic mass is 32.5. The Balaban J connectivity index is 1.75. The molecule has 2 aliphatic heterocycles. The van der Waals surface area contributed by atoms with Crippen LogP contribution in [0.4, 0.5) is 5.82 Å². The van der Waals surface area contributed by atoms with Gasteiger partial charge < -0.3 is 24.6 Å². The van der Waals surface area contributed by atoms with Gasteiger partial charge >= 0.3 is 6.72 Å². The smallest absolute Gasteiger partial charge is 0.325 e. The SMILES string of the molecule is CC(C)(C)C[C@]12CCOC(C1OP(O)(=S)OC(C)(C)C)[C@H](n1cnc3c(N)ncnc31)O2. The normalized spacial score (nSPS) is 30.5. The van der Waals surface area contributed by atoms with E-state index in [-0.39, 0.29) is 11.2 Å². The van der Waals surface area contributed by atoms with Crippen LogP contribution in [-0.2, 0) is 30.3 Å². The molecule has 3 unspecified atom stereocenters. The van der Waals surface area contributed by atoms with Gasteiger partial charge in [-0.2, -0.15) is 0 Å². The van der Waals surface area contributed by atoms with Crippen molar-refractivity contribution in [3.8, 4) is 0 Å². The fraction of sp³-hybridized carbons (Fsp3) is 0.750. The van der Waals surface area contributed by atoms with Gasteiger partial charge in [0.05, 0.1) is 18.5 Å². The van der Waals surface area contributed by atoms with Crippen LogP contribution in [0.25, 0.3) is 11.2 Å². The molecule has 0 radical (unpaired) electrons. The molecule has 0 aromatic carbocycles. The van der Waals surface area contributed by atoms with E-state index >= 15 is 0 Å². The van der Waals surface area contributed by atoms with Crippen molar-refractivity contribution in [3.05, 3.63) is 12.7 Å². The summed E-state index contributed by atoms with van der Waals surface area (Å²) in [4.78, 5) is 23.6. The summed E-state index contributed by atoms with van der Waals surface area (Å²) in [7, 11) is 0. The molecular weight excluding hydrogens is 453 g/mol. The van der Waals surface area contributed by atoms with E-state index in [9.17, 15) is 4.89 Å². The molecule has 5 atom stereocenters.